The summed E-state index contributed by atoms with van der Waals surface area (Å²) < 4.78 is 25.5. The molecule has 2 aromatic rings. The molecule has 57 heavy (non-hydrogen) atoms. The molecule has 11 unspecified atom stereocenters. The molecule has 15 nitrogen and oxygen atoms in total. The number of Topliss-reactive ketones (excluding diaryl/α,β-unsaturated/α-hetero) is 1. The summed E-state index contributed by atoms with van der Waals surface area (Å²) in [6, 6.07) is 2.52. The fraction of sp³-hybridized carbons (Fsp3) is 0.700. The molecule has 0 radical (unpaired) electrons. The van der Waals surface area contributed by atoms with Crippen molar-refractivity contribution in [2.75, 3.05) is 38.1 Å². The van der Waals surface area contributed by atoms with E-state index in [0.717, 1.165) is 56.4 Å². The van der Waals surface area contributed by atoms with Crippen LogP contribution in [0.4, 0.5) is 0 Å². The molecule has 8 rings (SSSR count). The maximum atomic E-state index is 12.6. The predicted octanol–water partition coefficient (Wildman–Crippen LogP) is 3.37. The molecular weight excluding hydrogens is 781 g/mol. The molecule has 2 saturated carbocycles. The standard InChI is InChI=1S/C40H54N2O13S2/c1-20-28(21(2)45)31(47)29-24(30(20)46)11-22(35(50)51)12-25(29)54-36-32(48)34(49)40(27(14-44)55-36)9-8-39-16-37(6-3-5-26(37)41-42-39)13-23-15-52-17-38(33(23)39,7-4-10-43)18-56-57-19-53-40/h11-12,23,26-27,32-34,36,41-44,46-49H,3-10,13-19H2,1-2H3,(H,50,51). The van der Waals surface area contributed by atoms with Gasteiger partial charge in [-0.15, -0.1) is 0 Å². The van der Waals surface area contributed by atoms with Crippen LogP contribution in [-0.2, 0) is 14.2 Å². The zero-order chi connectivity index (χ0) is 40.5. The summed E-state index contributed by atoms with van der Waals surface area (Å²) in [6.45, 7) is 3.27. The van der Waals surface area contributed by atoms with E-state index in [0.29, 0.717) is 32.1 Å². The number of hydrogen-bond acceptors (Lipinski definition) is 16. The lowest BCUT2D eigenvalue weighted by Gasteiger charge is -2.67. The van der Waals surface area contributed by atoms with Gasteiger partial charge in [0.1, 0.15) is 47.1 Å². The molecule has 2 bridgehead atoms. The van der Waals surface area contributed by atoms with E-state index in [-0.39, 0.29) is 74.8 Å². The normalized spacial score (nSPS) is 39.2. The van der Waals surface area contributed by atoms with Crippen LogP contribution in [0.15, 0.2) is 12.1 Å². The van der Waals surface area contributed by atoms with Crippen molar-refractivity contribution in [1.29, 1.82) is 0 Å². The van der Waals surface area contributed by atoms with E-state index >= 15 is 0 Å². The Morgan fingerprint density at radius 1 is 1.09 bits per heavy atom. The largest absolute Gasteiger partial charge is 0.507 e. The summed E-state index contributed by atoms with van der Waals surface area (Å²) in [6.07, 6.45) is 0.872. The first-order chi connectivity index (χ1) is 27.3. The van der Waals surface area contributed by atoms with Gasteiger partial charge in [0.25, 0.3) is 0 Å². The Bertz CT molecular complexity index is 1900. The third-order valence-electron chi connectivity index (χ3n) is 14.3. The van der Waals surface area contributed by atoms with Gasteiger partial charge in [-0.1, -0.05) is 28.0 Å². The summed E-state index contributed by atoms with van der Waals surface area (Å²) in [5.41, 5.74) is 4.79. The molecule has 3 spiro atoms. The highest BCUT2D eigenvalue weighted by Gasteiger charge is 2.67. The van der Waals surface area contributed by atoms with E-state index in [9.17, 15) is 45.3 Å². The highest BCUT2D eigenvalue weighted by Crippen LogP contribution is 2.65. The van der Waals surface area contributed by atoms with Crippen molar-refractivity contribution < 1.29 is 64.3 Å². The number of aliphatic hydroxyl groups is 4. The zero-order valence-electron chi connectivity index (χ0n) is 32.2. The van der Waals surface area contributed by atoms with E-state index in [1.807, 2.05) is 0 Å². The van der Waals surface area contributed by atoms with Crippen LogP contribution in [0.2, 0.25) is 0 Å². The number of ether oxygens (including phenoxy) is 4. The molecule has 9 N–H and O–H groups in total. The molecule has 6 aliphatic rings. The maximum absolute atomic E-state index is 12.6. The van der Waals surface area contributed by atoms with Crippen LogP contribution in [-0.4, -0.2) is 127 Å². The number of aromatic carboxylic acids is 1. The number of carbonyl (C=O) groups excluding carboxylic acids is 1. The van der Waals surface area contributed by atoms with Crippen molar-refractivity contribution in [2.45, 2.75) is 113 Å². The number of phenolic OH excluding ortho intramolecular Hbond substituents is 2. The number of carbonyl (C=O) groups is 2. The van der Waals surface area contributed by atoms with Crippen molar-refractivity contribution in [1.82, 2.24) is 10.9 Å². The average Bonchev–Trinajstić information content (AvgIpc) is 3.57. The fourth-order valence-electron chi connectivity index (χ4n) is 12.0. The minimum Gasteiger partial charge on any atom is -0.507 e. The summed E-state index contributed by atoms with van der Waals surface area (Å²) in [4.78, 5) is 24.8. The van der Waals surface area contributed by atoms with Gasteiger partial charge < -0.3 is 54.7 Å². The molecule has 2 aliphatic carbocycles. The molecule has 11 atom stereocenters. The molecule has 0 amide bonds. The topological polar surface area (TPSA) is 237 Å². The molecular formula is C40H54N2O13S2. The minimum absolute atomic E-state index is 0.0415. The van der Waals surface area contributed by atoms with Crippen LogP contribution < -0.4 is 15.6 Å². The number of benzene rings is 2. The molecule has 4 saturated heterocycles. The Kier molecular flexibility index (Phi) is 11.3. The summed E-state index contributed by atoms with van der Waals surface area (Å²) in [7, 11) is 3.10. The molecule has 314 valence electrons. The van der Waals surface area contributed by atoms with Gasteiger partial charge in [0, 0.05) is 46.9 Å². The molecule has 4 heterocycles. The molecule has 4 aliphatic heterocycles. The van der Waals surface area contributed by atoms with E-state index in [1.54, 1.807) is 10.8 Å². The first-order valence-corrected chi connectivity index (χ1v) is 22.4. The first-order valence-electron chi connectivity index (χ1n) is 19.9. The monoisotopic (exact) mass is 834 g/mol. The van der Waals surface area contributed by atoms with Gasteiger partial charge in [-0.25, -0.2) is 4.79 Å². The number of fused-ring (bicyclic) bond motifs is 1. The van der Waals surface area contributed by atoms with Crippen molar-refractivity contribution >= 4 is 44.1 Å². The predicted molar refractivity (Wildman–Crippen MR) is 210 cm³/mol. The highest BCUT2D eigenvalue weighted by atomic mass is 33.1. The minimum atomic E-state index is -1.81. The van der Waals surface area contributed by atoms with Gasteiger partial charge in [-0.05, 0) is 94.6 Å². The van der Waals surface area contributed by atoms with Gasteiger partial charge >= 0.3 is 5.97 Å². The third-order valence-corrected chi connectivity index (χ3v) is 16.5. The van der Waals surface area contributed by atoms with E-state index in [1.165, 1.54) is 24.6 Å². The number of aromatic hydroxyl groups is 2. The lowest BCUT2D eigenvalue weighted by molar-refractivity contribution is -0.323. The van der Waals surface area contributed by atoms with E-state index in [2.05, 4.69) is 10.9 Å². The molecule has 0 aromatic heterocycles. The highest BCUT2D eigenvalue weighted by molar-refractivity contribution is 8.76. The summed E-state index contributed by atoms with van der Waals surface area (Å²) in [5, 5.41) is 77.3. The number of hydrazine groups is 1. The number of carboxylic acid groups (broad SMARTS) is 1. The van der Waals surface area contributed by atoms with Gasteiger partial charge in [0.2, 0.25) is 6.29 Å². The Labute approximate surface area is 338 Å². The van der Waals surface area contributed by atoms with Gasteiger partial charge in [0.05, 0.1) is 29.7 Å². The number of ketones is 1. The molecule has 17 heteroatoms. The van der Waals surface area contributed by atoms with Crippen LogP contribution >= 0.6 is 21.6 Å². The molecule has 6 fully saturated rings. The lowest BCUT2D eigenvalue weighted by atomic mass is 9.46. The average molecular weight is 835 g/mol. The first kappa shape index (κ1) is 41.3. The quantitative estimate of drug-likeness (QED) is 0.105. The number of nitrogens with one attached hydrogen (secondary N) is 2. The van der Waals surface area contributed by atoms with E-state index in [4.69, 9.17) is 18.9 Å². The van der Waals surface area contributed by atoms with Crippen LogP contribution in [0.25, 0.3) is 10.8 Å². The van der Waals surface area contributed by atoms with Gasteiger partial charge in [-0.2, -0.15) is 0 Å². The Morgan fingerprint density at radius 2 is 1.89 bits per heavy atom. The van der Waals surface area contributed by atoms with Crippen molar-refractivity contribution in [3.8, 4) is 17.2 Å². The molecule has 2 aromatic carbocycles. The fourth-order valence-corrected chi connectivity index (χ4v) is 14.4. The third kappa shape index (κ3) is 6.63. The summed E-state index contributed by atoms with van der Waals surface area (Å²) in [5.74, 6) is -2.03. The maximum Gasteiger partial charge on any atom is 0.335 e. The van der Waals surface area contributed by atoms with Crippen LogP contribution in [0.5, 0.6) is 17.2 Å². The van der Waals surface area contributed by atoms with Gasteiger partial charge in [-0.3, -0.25) is 15.6 Å². The van der Waals surface area contributed by atoms with Crippen LogP contribution in [0.3, 0.4) is 0 Å². The van der Waals surface area contributed by atoms with Crippen LogP contribution in [0, 0.1) is 29.6 Å². The number of hydrogen-bond donors (Lipinski definition) is 9. The number of rotatable bonds is 8. The van der Waals surface area contributed by atoms with Crippen LogP contribution in [0.1, 0.15) is 91.0 Å². The SMILES string of the molecule is CC(=O)c1c(C)c(O)c2cc(C(=O)O)cc(OC3OC(CO)C4(CCC56CC7(CCCC7NN5)CC5COCC(CCCO)(CSSCO4)C56)C(O)C3O)c2c1O. The lowest BCUT2D eigenvalue weighted by Crippen LogP contribution is -2.77. The Morgan fingerprint density at radius 3 is 2.63 bits per heavy atom. The number of phenols is 2. The second-order valence-corrected chi connectivity index (χ2v) is 19.7. The van der Waals surface area contributed by atoms with Crippen molar-refractivity contribution in [2.24, 2.45) is 22.7 Å². The van der Waals surface area contributed by atoms with Crippen molar-refractivity contribution in [3.05, 3.63) is 28.8 Å². The second-order valence-electron chi connectivity index (χ2n) is 17.3. The van der Waals surface area contributed by atoms with Crippen molar-refractivity contribution in [3.63, 3.8) is 0 Å². The van der Waals surface area contributed by atoms with Gasteiger partial charge in [0.15, 0.2) is 5.78 Å². The number of carboxylic acids is 1. The second kappa shape index (κ2) is 15.6. The van der Waals surface area contributed by atoms with E-state index < -0.39 is 65.6 Å². The number of aliphatic hydroxyl groups excluding tert-OH is 4. The zero-order valence-corrected chi connectivity index (χ0v) is 33.8. The smallest absolute Gasteiger partial charge is 0.335 e. The Balaban J connectivity index is 1.17. The Hall–Kier alpha value is -2.42. The summed E-state index contributed by atoms with van der Waals surface area (Å²) >= 11 is 0.